The molecule has 0 saturated carbocycles. The lowest BCUT2D eigenvalue weighted by molar-refractivity contribution is 0.586. The van der Waals surface area contributed by atoms with Crippen molar-refractivity contribution in [1.29, 1.82) is 0 Å². The molecule has 0 heterocycles. The van der Waals surface area contributed by atoms with Crippen LogP contribution in [0.25, 0.3) is 0 Å². The van der Waals surface area contributed by atoms with E-state index in [4.69, 9.17) is 5.73 Å². The van der Waals surface area contributed by atoms with Crippen molar-refractivity contribution in [3.05, 3.63) is 53.6 Å². The fraction of sp³-hybridized carbons (Fsp3) is 0.250. The molecule has 0 aromatic heterocycles. The molecule has 0 atom stereocenters. The molecule has 4 nitrogen and oxygen atoms in total. The first-order valence-electron chi connectivity index (χ1n) is 6.89. The largest absolute Gasteiger partial charge is 0.394 e. The summed E-state index contributed by atoms with van der Waals surface area (Å²) in [4.78, 5) is -0.0206. The van der Waals surface area contributed by atoms with Crippen LogP contribution in [0.15, 0.2) is 41.3 Å². The summed E-state index contributed by atoms with van der Waals surface area (Å²) in [5.74, 6) is -2.08. The lowest BCUT2D eigenvalue weighted by atomic mass is 9.87. The first-order valence-corrected chi connectivity index (χ1v) is 8.37. The average Bonchev–Trinajstić information content (AvgIpc) is 2.47. The molecule has 0 saturated heterocycles. The van der Waals surface area contributed by atoms with Crippen molar-refractivity contribution < 1.29 is 17.2 Å². The zero-order valence-electron chi connectivity index (χ0n) is 13.0. The van der Waals surface area contributed by atoms with Crippen LogP contribution in [-0.4, -0.2) is 8.42 Å². The number of nitrogen functional groups attached to an aromatic ring is 1. The maximum atomic E-state index is 13.8. The van der Waals surface area contributed by atoms with E-state index in [2.05, 4.69) is 4.72 Å². The normalized spacial score (nSPS) is 12.2. The number of benzene rings is 2. The average molecular weight is 340 g/mol. The van der Waals surface area contributed by atoms with Crippen molar-refractivity contribution in [1.82, 2.24) is 0 Å². The van der Waals surface area contributed by atoms with Gasteiger partial charge in [0, 0.05) is 0 Å². The molecule has 0 radical (unpaired) electrons. The Morgan fingerprint density at radius 1 is 1.00 bits per heavy atom. The molecule has 2 aromatic carbocycles. The minimum atomic E-state index is -4.00. The first kappa shape index (κ1) is 17.2. The summed E-state index contributed by atoms with van der Waals surface area (Å²) in [5, 5.41) is 0. The molecule has 2 aromatic rings. The quantitative estimate of drug-likeness (QED) is 0.838. The Morgan fingerprint density at radius 3 is 2.09 bits per heavy atom. The topological polar surface area (TPSA) is 72.2 Å². The minimum Gasteiger partial charge on any atom is -0.394 e. The number of sulfonamides is 1. The van der Waals surface area contributed by atoms with Crippen LogP contribution in [-0.2, 0) is 15.4 Å². The van der Waals surface area contributed by atoms with Crippen molar-refractivity contribution in [2.45, 2.75) is 31.1 Å². The summed E-state index contributed by atoms with van der Waals surface area (Å²) in [6.07, 6.45) is 0. The number of hydrogen-bond donors (Lipinski definition) is 2. The van der Waals surface area contributed by atoms with E-state index in [9.17, 15) is 17.2 Å². The van der Waals surface area contributed by atoms with E-state index >= 15 is 0 Å². The van der Waals surface area contributed by atoms with Gasteiger partial charge in [-0.3, -0.25) is 4.72 Å². The van der Waals surface area contributed by atoms with Crippen molar-refractivity contribution in [2.24, 2.45) is 0 Å². The van der Waals surface area contributed by atoms with E-state index in [0.717, 1.165) is 17.7 Å². The number of hydrogen-bond acceptors (Lipinski definition) is 3. The van der Waals surface area contributed by atoms with E-state index in [1.807, 2.05) is 20.8 Å². The van der Waals surface area contributed by atoms with Crippen LogP contribution in [0.4, 0.5) is 20.2 Å². The highest BCUT2D eigenvalue weighted by molar-refractivity contribution is 7.92. The van der Waals surface area contributed by atoms with Gasteiger partial charge < -0.3 is 5.73 Å². The summed E-state index contributed by atoms with van der Waals surface area (Å²) >= 11 is 0. The monoisotopic (exact) mass is 340 g/mol. The van der Waals surface area contributed by atoms with E-state index in [1.165, 1.54) is 12.1 Å². The maximum Gasteiger partial charge on any atom is 0.261 e. The zero-order valence-corrected chi connectivity index (χ0v) is 13.8. The Kier molecular flexibility index (Phi) is 4.34. The first-order chi connectivity index (χ1) is 10.5. The SMILES string of the molecule is CC(C)(C)c1ccc(S(=O)(=O)Nc2ccc(F)c(N)c2F)cc1. The van der Waals surface area contributed by atoms with Gasteiger partial charge in [-0.1, -0.05) is 32.9 Å². The van der Waals surface area contributed by atoms with Gasteiger partial charge in [-0.15, -0.1) is 0 Å². The van der Waals surface area contributed by atoms with Gasteiger partial charge in [0.25, 0.3) is 10.0 Å². The Hall–Kier alpha value is -2.15. The highest BCUT2D eigenvalue weighted by atomic mass is 32.2. The van der Waals surface area contributed by atoms with Gasteiger partial charge >= 0.3 is 0 Å². The molecule has 0 unspecified atom stereocenters. The fourth-order valence-corrected chi connectivity index (χ4v) is 3.05. The van der Waals surface area contributed by atoms with E-state index < -0.39 is 33.0 Å². The van der Waals surface area contributed by atoms with Crippen molar-refractivity contribution >= 4 is 21.4 Å². The van der Waals surface area contributed by atoms with Crippen molar-refractivity contribution in [2.75, 3.05) is 10.5 Å². The molecule has 23 heavy (non-hydrogen) atoms. The second kappa shape index (κ2) is 5.81. The summed E-state index contributed by atoms with van der Waals surface area (Å²) in [5.41, 5.74) is 4.94. The second-order valence-corrected chi connectivity index (χ2v) is 7.88. The van der Waals surface area contributed by atoms with Gasteiger partial charge in [0.2, 0.25) is 0 Å². The summed E-state index contributed by atoms with van der Waals surface area (Å²) < 4.78 is 53.6. The van der Waals surface area contributed by atoms with Gasteiger partial charge in [-0.25, -0.2) is 17.2 Å². The van der Waals surface area contributed by atoms with E-state index in [0.29, 0.717) is 0 Å². The molecule has 0 aliphatic heterocycles. The predicted octanol–water partition coefficient (Wildman–Crippen LogP) is 3.65. The number of nitrogens with one attached hydrogen (secondary N) is 1. The summed E-state index contributed by atoms with van der Waals surface area (Å²) in [7, 11) is -4.00. The van der Waals surface area contributed by atoms with Crippen LogP contribution in [0.3, 0.4) is 0 Å². The molecule has 0 fully saturated rings. The van der Waals surface area contributed by atoms with Gasteiger partial charge in [0.15, 0.2) is 5.82 Å². The Bertz CT molecular complexity index is 826. The molecule has 0 spiro atoms. The lowest BCUT2D eigenvalue weighted by Crippen LogP contribution is -2.16. The number of rotatable bonds is 3. The third-order valence-electron chi connectivity index (χ3n) is 3.40. The maximum absolute atomic E-state index is 13.8. The Balaban J connectivity index is 2.35. The molecule has 124 valence electrons. The van der Waals surface area contributed by atoms with Crippen molar-refractivity contribution in [3.8, 4) is 0 Å². The van der Waals surface area contributed by atoms with Gasteiger partial charge in [0.1, 0.15) is 11.5 Å². The second-order valence-electron chi connectivity index (χ2n) is 6.20. The molecule has 0 aliphatic rings. The molecule has 0 amide bonds. The number of nitrogens with two attached hydrogens (primary N) is 1. The van der Waals surface area contributed by atoms with Crippen LogP contribution < -0.4 is 10.5 Å². The van der Waals surface area contributed by atoms with E-state index in [1.54, 1.807) is 12.1 Å². The third kappa shape index (κ3) is 3.61. The number of anilines is 2. The van der Waals surface area contributed by atoms with Gasteiger partial charge in [0.05, 0.1) is 10.6 Å². The Morgan fingerprint density at radius 2 is 1.57 bits per heavy atom. The molecule has 2 rings (SSSR count). The molecule has 0 bridgehead atoms. The molecule has 3 N–H and O–H groups in total. The summed E-state index contributed by atoms with van der Waals surface area (Å²) in [6.45, 7) is 6.02. The fourth-order valence-electron chi connectivity index (χ4n) is 1.99. The predicted molar refractivity (Wildman–Crippen MR) is 86.7 cm³/mol. The van der Waals surface area contributed by atoms with Crippen molar-refractivity contribution in [3.63, 3.8) is 0 Å². The van der Waals surface area contributed by atoms with Gasteiger partial charge in [-0.2, -0.15) is 0 Å². The van der Waals surface area contributed by atoms with E-state index in [-0.39, 0.29) is 10.3 Å². The smallest absolute Gasteiger partial charge is 0.261 e. The minimum absolute atomic E-state index is 0.0206. The highest BCUT2D eigenvalue weighted by Crippen LogP contribution is 2.27. The summed E-state index contributed by atoms with van der Waals surface area (Å²) in [6, 6.07) is 8.16. The molecule has 7 heteroatoms. The molecular formula is C16H18F2N2O2S. The zero-order chi connectivity index (χ0) is 17.4. The standard InChI is InChI=1S/C16H18F2N2O2S/c1-16(2,3)10-4-6-11(7-5-10)23(21,22)20-13-9-8-12(17)15(19)14(13)18/h4-9,20H,19H2,1-3H3. The van der Waals surface area contributed by atoms with Crippen LogP contribution in [0.2, 0.25) is 0 Å². The molecule has 0 aliphatic carbocycles. The highest BCUT2D eigenvalue weighted by Gasteiger charge is 2.20. The van der Waals surface area contributed by atoms with Crippen LogP contribution in [0, 0.1) is 11.6 Å². The van der Waals surface area contributed by atoms with Gasteiger partial charge in [-0.05, 0) is 35.2 Å². The third-order valence-corrected chi connectivity index (χ3v) is 4.78. The lowest BCUT2D eigenvalue weighted by Gasteiger charge is -2.19. The Labute approximate surface area is 134 Å². The van der Waals surface area contributed by atoms with Crippen LogP contribution in [0.5, 0.6) is 0 Å². The van der Waals surface area contributed by atoms with Crippen LogP contribution >= 0.6 is 0 Å². The van der Waals surface area contributed by atoms with Crippen LogP contribution in [0.1, 0.15) is 26.3 Å². The molecular weight excluding hydrogens is 322 g/mol. The number of halogens is 2.